The van der Waals surface area contributed by atoms with Crippen LogP contribution in [0.1, 0.15) is 44.0 Å². The number of carbonyl (C=O) groups is 1. The summed E-state index contributed by atoms with van der Waals surface area (Å²) in [5.41, 5.74) is 1.89. The molecule has 0 radical (unpaired) electrons. The third-order valence-corrected chi connectivity index (χ3v) is 3.98. The lowest BCUT2D eigenvalue weighted by atomic mass is 9.76. The van der Waals surface area contributed by atoms with Crippen molar-refractivity contribution in [2.45, 2.75) is 51.0 Å². The van der Waals surface area contributed by atoms with Gasteiger partial charge in [-0.05, 0) is 31.7 Å². The fraction of sp³-hybridized carbons (Fsp3) is 0.714. The molecule has 1 heterocycles. The molecule has 100 valence electrons. The molecule has 1 aliphatic carbocycles. The van der Waals surface area contributed by atoms with Crippen molar-refractivity contribution in [1.29, 1.82) is 0 Å². The van der Waals surface area contributed by atoms with Crippen LogP contribution in [0.25, 0.3) is 0 Å². The fourth-order valence-corrected chi connectivity index (χ4v) is 2.56. The summed E-state index contributed by atoms with van der Waals surface area (Å²) in [4.78, 5) is 12.1. The molecular weight excluding hydrogens is 228 g/mol. The van der Waals surface area contributed by atoms with E-state index < -0.39 is 0 Å². The SMILES string of the molecule is CCc1cc(CC(=O)CC2(OC)CCC2)n(C)n1. The molecule has 1 aromatic heterocycles. The van der Waals surface area contributed by atoms with Gasteiger partial charge in [0.1, 0.15) is 5.78 Å². The van der Waals surface area contributed by atoms with Gasteiger partial charge in [-0.3, -0.25) is 9.48 Å². The minimum atomic E-state index is -0.163. The fourth-order valence-electron chi connectivity index (χ4n) is 2.56. The van der Waals surface area contributed by atoms with Crippen molar-refractivity contribution in [2.24, 2.45) is 7.05 Å². The van der Waals surface area contributed by atoms with Crippen LogP contribution in [0, 0.1) is 0 Å². The summed E-state index contributed by atoms with van der Waals surface area (Å²) < 4.78 is 7.31. The maximum absolute atomic E-state index is 12.1. The quantitative estimate of drug-likeness (QED) is 0.776. The minimum absolute atomic E-state index is 0.163. The molecule has 0 unspecified atom stereocenters. The normalized spacial score (nSPS) is 17.5. The van der Waals surface area contributed by atoms with Crippen molar-refractivity contribution in [3.63, 3.8) is 0 Å². The molecule has 0 bridgehead atoms. The number of hydrogen-bond donors (Lipinski definition) is 0. The predicted octanol–water partition coefficient (Wildman–Crippen LogP) is 2.05. The second kappa shape index (κ2) is 5.22. The van der Waals surface area contributed by atoms with Gasteiger partial charge in [-0.1, -0.05) is 6.92 Å². The lowest BCUT2D eigenvalue weighted by molar-refractivity contribution is -0.131. The number of Topliss-reactive ketones (excluding diaryl/α,β-unsaturated/α-hetero) is 1. The number of ether oxygens (including phenoxy) is 1. The number of carbonyl (C=O) groups excluding carboxylic acids is 1. The van der Waals surface area contributed by atoms with Crippen LogP contribution in [0.4, 0.5) is 0 Å². The molecular formula is C14H22N2O2. The van der Waals surface area contributed by atoms with Crippen LogP contribution < -0.4 is 0 Å². The van der Waals surface area contributed by atoms with Crippen molar-refractivity contribution >= 4 is 5.78 Å². The molecule has 2 rings (SSSR count). The van der Waals surface area contributed by atoms with Crippen molar-refractivity contribution in [2.75, 3.05) is 7.11 Å². The van der Waals surface area contributed by atoms with Gasteiger partial charge < -0.3 is 4.74 Å². The van der Waals surface area contributed by atoms with Gasteiger partial charge in [-0.15, -0.1) is 0 Å². The first-order valence-corrected chi connectivity index (χ1v) is 6.67. The van der Waals surface area contributed by atoms with E-state index in [4.69, 9.17) is 4.74 Å². The van der Waals surface area contributed by atoms with Crippen molar-refractivity contribution in [3.8, 4) is 0 Å². The van der Waals surface area contributed by atoms with E-state index in [1.807, 2.05) is 17.8 Å². The Bertz CT molecular complexity index is 427. The highest BCUT2D eigenvalue weighted by molar-refractivity contribution is 5.81. The molecule has 1 aromatic rings. The van der Waals surface area contributed by atoms with Crippen LogP contribution in [-0.4, -0.2) is 28.3 Å². The summed E-state index contributed by atoms with van der Waals surface area (Å²) >= 11 is 0. The molecule has 0 aromatic carbocycles. The Morgan fingerprint density at radius 1 is 1.56 bits per heavy atom. The maximum atomic E-state index is 12.1. The molecule has 1 saturated carbocycles. The largest absolute Gasteiger partial charge is 0.378 e. The Labute approximate surface area is 108 Å². The molecule has 1 fully saturated rings. The van der Waals surface area contributed by atoms with Crippen molar-refractivity contribution < 1.29 is 9.53 Å². The van der Waals surface area contributed by atoms with Gasteiger partial charge in [0.05, 0.1) is 11.3 Å². The standard InChI is InChI=1S/C14H22N2O2/c1-4-11-8-12(16(2)15-11)9-13(17)10-14(18-3)6-5-7-14/h8H,4-7,9-10H2,1-3H3. The van der Waals surface area contributed by atoms with E-state index in [2.05, 4.69) is 12.0 Å². The van der Waals surface area contributed by atoms with Gasteiger partial charge in [0.25, 0.3) is 0 Å². The zero-order valence-electron chi connectivity index (χ0n) is 11.5. The monoisotopic (exact) mass is 250 g/mol. The van der Waals surface area contributed by atoms with E-state index in [9.17, 15) is 4.79 Å². The Morgan fingerprint density at radius 3 is 2.72 bits per heavy atom. The van der Waals surface area contributed by atoms with Gasteiger partial charge in [-0.25, -0.2) is 0 Å². The molecule has 0 aliphatic heterocycles. The Morgan fingerprint density at radius 2 is 2.28 bits per heavy atom. The summed E-state index contributed by atoms with van der Waals surface area (Å²) in [6, 6.07) is 2.03. The molecule has 0 atom stereocenters. The van der Waals surface area contributed by atoms with E-state index in [-0.39, 0.29) is 11.4 Å². The smallest absolute Gasteiger partial charge is 0.141 e. The lowest BCUT2D eigenvalue weighted by Gasteiger charge is -2.40. The lowest BCUT2D eigenvalue weighted by Crippen LogP contribution is -2.41. The highest BCUT2D eigenvalue weighted by Gasteiger charge is 2.38. The Hall–Kier alpha value is -1.16. The first-order valence-electron chi connectivity index (χ1n) is 6.67. The van der Waals surface area contributed by atoms with E-state index in [1.165, 1.54) is 6.42 Å². The molecule has 4 nitrogen and oxygen atoms in total. The van der Waals surface area contributed by atoms with E-state index in [0.29, 0.717) is 12.8 Å². The highest BCUT2D eigenvalue weighted by Crippen LogP contribution is 2.38. The summed E-state index contributed by atoms with van der Waals surface area (Å²) in [6.45, 7) is 2.07. The number of methoxy groups -OCH3 is 1. The Balaban J connectivity index is 1.96. The summed E-state index contributed by atoms with van der Waals surface area (Å²) in [5, 5.41) is 4.37. The second-order valence-corrected chi connectivity index (χ2v) is 5.24. The van der Waals surface area contributed by atoms with Crippen molar-refractivity contribution in [3.05, 3.63) is 17.5 Å². The number of aryl methyl sites for hydroxylation is 2. The number of aromatic nitrogens is 2. The summed E-state index contributed by atoms with van der Waals surface area (Å²) in [7, 11) is 3.61. The van der Waals surface area contributed by atoms with E-state index in [0.717, 1.165) is 30.7 Å². The van der Waals surface area contributed by atoms with Crippen LogP contribution in [-0.2, 0) is 29.4 Å². The molecule has 18 heavy (non-hydrogen) atoms. The zero-order chi connectivity index (χ0) is 13.2. The molecule has 1 aliphatic rings. The van der Waals surface area contributed by atoms with Gasteiger partial charge in [0.2, 0.25) is 0 Å². The van der Waals surface area contributed by atoms with E-state index in [1.54, 1.807) is 7.11 Å². The van der Waals surface area contributed by atoms with Gasteiger partial charge in [-0.2, -0.15) is 5.10 Å². The number of hydrogen-bond acceptors (Lipinski definition) is 3. The van der Waals surface area contributed by atoms with Gasteiger partial charge in [0, 0.05) is 32.7 Å². The van der Waals surface area contributed by atoms with E-state index >= 15 is 0 Å². The van der Waals surface area contributed by atoms with Crippen LogP contribution in [0.2, 0.25) is 0 Å². The third-order valence-electron chi connectivity index (χ3n) is 3.98. The number of ketones is 1. The molecule has 0 spiro atoms. The van der Waals surface area contributed by atoms with Gasteiger partial charge in [0.15, 0.2) is 0 Å². The molecule has 0 saturated heterocycles. The minimum Gasteiger partial charge on any atom is -0.378 e. The maximum Gasteiger partial charge on any atom is 0.141 e. The van der Waals surface area contributed by atoms with Gasteiger partial charge >= 0.3 is 0 Å². The molecule has 0 N–H and O–H groups in total. The number of rotatable bonds is 6. The second-order valence-electron chi connectivity index (χ2n) is 5.24. The average Bonchev–Trinajstić information content (AvgIpc) is 2.65. The third kappa shape index (κ3) is 2.64. The summed E-state index contributed by atoms with van der Waals surface area (Å²) in [5.74, 6) is 0.252. The van der Waals surface area contributed by atoms with Crippen LogP contribution in [0.5, 0.6) is 0 Å². The topological polar surface area (TPSA) is 44.1 Å². The van der Waals surface area contributed by atoms with Crippen LogP contribution in [0.3, 0.4) is 0 Å². The zero-order valence-corrected chi connectivity index (χ0v) is 11.5. The Kier molecular flexibility index (Phi) is 3.85. The van der Waals surface area contributed by atoms with Crippen molar-refractivity contribution in [1.82, 2.24) is 9.78 Å². The number of nitrogens with zero attached hydrogens (tertiary/aromatic N) is 2. The predicted molar refractivity (Wildman–Crippen MR) is 69.5 cm³/mol. The summed E-state index contributed by atoms with van der Waals surface area (Å²) in [6.07, 6.45) is 5.11. The van der Waals surface area contributed by atoms with Crippen LogP contribution in [0.15, 0.2) is 6.07 Å². The molecule has 4 heteroatoms. The molecule has 0 amide bonds. The first kappa shape index (κ1) is 13.3. The average molecular weight is 250 g/mol. The van der Waals surface area contributed by atoms with Crippen LogP contribution >= 0.6 is 0 Å². The highest BCUT2D eigenvalue weighted by atomic mass is 16.5. The first-order chi connectivity index (χ1) is 8.58.